The summed E-state index contributed by atoms with van der Waals surface area (Å²) in [7, 11) is 0. The number of ketones is 1. The molecule has 1 unspecified atom stereocenters. The standard InChI is InChI=1S/C42H60O5S/c1-6-9-10-11-12-13-14-15-16-17-18-19-20-21-22-23-24-25-26-29-32-48-42(7-2,8-3)39(43)34-36(33-35(4)5)41(46)47-38-31-28-27-30-37(38)40(44)45/h9-10,12-13,15-16,18-19,21-22,24-25,27-28,30-31,35-36H,6-8,11,14,17,20,23,26,29,32-34H2,1-5H3,(H,44,45)/b10-9-,13-12-,16-15-,19-18-,22-21-,25-24-. The first kappa shape index (κ1) is 42.6. The van der Waals surface area contributed by atoms with Crippen LogP contribution in [-0.4, -0.2) is 33.3 Å². The molecule has 0 radical (unpaired) electrons. The van der Waals surface area contributed by atoms with Crippen LogP contribution in [0.3, 0.4) is 0 Å². The number of carbonyl (C=O) groups is 3. The predicted octanol–water partition coefficient (Wildman–Crippen LogP) is 11.7. The summed E-state index contributed by atoms with van der Waals surface area (Å²) in [5.41, 5.74) is -0.0700. The van der Waals surface area contributed by atoms with Crippen LogP contribution in [0.5, 0.6) is 5.75 Å². The van der Waals surface area contributed by atoms with Gasteiger partial charge in [-0.3, -0.25) is 9.59 Å². The Labute approximate surface area is 295 Å². The number of carboxylic acids is 1. The summed E-state index contributed by atoms with van der Waals surface area (Å²) in [5, 5.41) is 9.48. The first-order valence-corrected chi connectivity index (χ1v) is 18.8. The van der Waals surface area contributed by atoms with Crippen molar-refractivity contribution in [3.63, 3.8) is 0 Å². The molecule has 0 bridgehead atoms. The number of benzene rings is 1. The highest BCUT2D eigenvalue weighted by Gasteiger charge is 2.38. The second-order valence-electron chi connectivity index (χ2n) is 12.3. The molecule has 5 nitrogen and oxygen atoms in total. The van der Waals surface area contributed by atoms with Crippen molar-refractivity contribution in [2.24, 2.45) is 11.8 Å². The molecule has 48 heavy (non-hydrogen) atoms. The number of carboxylic acid groups (broad SMARTS) is 1. The molecule has 6 heteroatoms. The maximum Gasteiger partial charge on any atom is 0.339 e. The van der Waals surface area contributed by atoms with Crippen molar-refractivity contribution in [2.45, 2.75) is 116 Å². The van der Waals surface area contributed by atoms with Gasteiger partial charge in [0.1, 0.15) is 17.1 Å². The number of allylic oxidation sites excluding steroid dienone is 12. The number of ether oxygens (including phenoxy) is 1. The van der Waals surface area contributed by atoms with Gasteiger partial charge in [-0.15, -0.1) is 11.8 Å². The molecule has 1 rings (SSSR count). The monoisotopic (exact) mass is 676 g/mol. The van der Waals surface area contributed by atoms with Crippen LogP contribution in [0.2, 0.25) is 0 Å². The van der Waals surface area contributed by atoms with Crippen LogP contribution in [0, 0.1) is 11.8 Å². The van der Waals surface area contributed by atoms with Gasteiger partial charge in [0, 0.05) is 6.42 Å². The van der Waals surface area contributed by atoms with Crippen LogP contribution in [0.1, 0.15) is 122 Å². The summed E-state index contributed by atoms with van der Waals surface area (Å²) in [6.45, 7) is 10.2. The van der Waals surface area contributed by atoms with Crippen molar-refractivity contribution >= 4 is 29.5 Å². The van der Waals surface area contributed by atoms with Crippen LogP contribution in [0.4, 0.5) is 0 Å². The lowest BCUT2D eigenvalue weighted by Gasteiger charge is -2.31. The number of unbranched alkanes of at least 4 members (excludes halogenated alkanes) is 1. The summed E-state index contributed by atoms with van der Waals surface area (Å²) < 4.78 is 5.01. The molecule has 1 atom stereocenters. The molecule has 1 aromatic carbocycles. The van der Waals surface area contributed by atoms with E-state index in [1.165, 1.54) is 12.1 Å². The van der Waals surface area contributed by atoms with Gasteiger partial charge in [-0.2, -0.15) is 0 Å². The second kappa shape index (κ2) is 26.6. The SMILES string of the molecule is CC/C=C\C/C=C\C/C=C\C/C=C\C/C=C\C/C=C\CCCSC(CC)(CC)C(=O)CC(CC(C)C)C(=O)Oc1ccccc1C(=O)O. The van der Waals surface area contributed by atoms with E-state index in [0.29, 0.717) is 19.3 Å². The zero-order chi connectivity index (χ0) is 35.5. The molecule has 0 saturated carbocycles. The molecule has 264 valence electrons. The fourth-order valence-electron chi connectivity index (χ4n) is 5.20. The van der Waals surface area contributed by atoms with Gasteiger partial charge in [0.2, 0.25) is 0 Å². The second-order valence-corrected chi connectivity index (χ2v) is 13.8. The van der Waals surface area contributed by atoms with Gasteiger partial charge in [0.05, 0.1) is 10.7 Å². The lowest BCUT2D eigenvalue weighted by Crippen LogP contribution is -2.37. The van der Waals surface area contributed by atoms with Gasteiger partial charge < -0.3 is 9.84 Å². The largest absolute Gasteiger partial charge is 0.478 e. The number of para-hydroxylation sites is 1. The molecule has 0 heterocycles. The molecule has 0 aliphatic heterocycles. The highest BCUT2D eigenvalue weighted by molar-refractivity contribution is 8.01. The zero-order valence-corrected chi connectivity index (χ0v) is 30.9. The van der Waals surface area contributed by atoms with Gasteiger partial charge >= 0.3 is 11.9 Å². The number of carbonyl (C=O) groups excluding carboxylic acids is 2. The Balaban J connectivity index is 2.47. The molecule has 0 aromatic heterocycles. The normalized spacial score (nSPS) is 13.4. The Hall–Kier alpha value is -3.38. The van der Waals surface area contributed by atoms with Crippen LogP contribution in [0.15, 0.2) is 97.2 Å². The van der Waals surface area contributed by atoms with Gasteiger partial charge in [0.15, 0.2) is 0 Å². The molecule has 0 fully saturated rings. The minimum absolute atomic E-state index is 0.0113. The van der Waals surface area contributed by atoms with E-state index in [4.69, 9.17) is 4.74 Å². The van der Waals surface area contributed by atoms with Gasteiger partial charge in [-0.25, -0.2) is 4.79 Å². The van der Waals surface area contributed by atoms with E-state index in [9.17, 15) is 19.5 Å². The van der Waals surface area contributed by atoms with Gasteiger partial charge in [-0.1, -0.05) is 120 Å². The van der Waals surface area contributed by atoms with E-state index in [1.807, 2.05) is 27.7 Å². The van der Waals surface area contributed by atoms with Crippen molar-refractivity contribution in [3.05, 3.63) is 103 Å². The van der Waals surface area contributed by atoms with Crippen LogP contribution in [0.25, 0.3) is 0 Å². The average Bonchev–Trinajstić information content (AvgIpc) is 3.07. The lowest BCUT2D eigenvalue weighted by molar-refractivity contribution is -0.142. The minimum atomic E-state index is -1.16. The molecule has 1 N–H and O–H groups in total. The number of esters is 1. The molecule has 0 aliphatic rings. The fraction of sp³-hybridized carbons (Fsp3) is 0.500. The number of hydrogen-bond acceptors (Lipinski definition) is 5. The summed E-state index contributed by atoms with van der Waals surface area (Å²) in [5.74, 6) is -1.21. The maximum absolute atomic E-state index is 13.7. The van der Waals surface area contributed by atoms with Crippen molar-refractivity contribution in [1.29, 1.82) is 0 Å². The van der Waals surface area contributed by atoms with Crippen LogP contribution in [-0.2, 0) is 9.59 Å². The van der Waals surface area contributed by atoms with Crippen molar-refractivity contribution in [3.8, 4) is 5.75 Å². The number of thioether (sulfide) groups is 1. The molecule has 0 aliphatic carbocycles. The number of rotatable bonds is 26. The van der Waals surface area contributed by atoms with E-state index in [2.05, 4.69) is 79.8 Å². The Morgan fingerprint density at radius 3 is 1.75 bits per heavy atom. The van der Waals surface area contributed by atoms with E-state index in [-0.39, 0.29) is 29.4 Å². The molecular weight excluding hydrogens is 617 g/mol. The number of aromatic carboxylic acids is 1. The summed E-state index contributed by atoms with van der Waals surface area (Å²) in [6, 6.07) is 6.11. The fourth-order valence-corrected chi connectivity index (χ4v) is 6.56. The third kappa shape index (κ3) is 18.2. The predicted molar refractivity (Wildman–Crippen MR) is 205 cm³/mol. The summed E-state index contributed by atoms with van der Waals surface area (Å²) >= 11 is 1.70. The van der Waals surface area contributed by atoms with Crippen molar-refractivity contribution in [1.82, 2.24) is 0 Å². The highest BCUT2D eigenvalue weighted by Crippen LogP contribution is 2.37. The van der Waals surface area contributed by atoms with Crippen LogP contribution < -0.4 is 4.74 Å². The number of Topliss-reactive ketones (excluding diaryl/α,β-unsaturated/α-hetero) is 1. The quantitative estimate of drug-likeness (QED) is 0.0455. The average molecular weight is 677 g/mol. The van der Waals surface area contributed by atoms with Gasteiger partial charge in [-0.05, 0) is 94.4 Å². The molecule has 0 amide bonds. The Bertz CT molecular complexity index is 1250. The van der Waals surface area contributed by atoms with Crippen LogP contribution >= 0.6 is 11.8 Å². The summed E-state index contributed by atoms with van der Waals surface area (Å²) in [6.07, 6.45) is 36.3. The first-order chi connectivity index (χ1) is 23.2. The maximum atomic E-state index is 13.7. The van der Waals surface area contributed by atoms with Crippen molar-refractivity contribution < 1.29 is 24.2 Å². The third-order valence-corrected chi connectivity index (χ3v) is 9.84. The molecular formula is C42H60O5S. The Morgan fingerprint density at radius 2 is 1.27 bits per heavy atom. The number of hydrogen-bond donors (Lipinski definition) is 1. The Morgan fingerprint density at radius 1 is 0.771 bits per heavy atom. The van der Waals surface area contributed by atoms with E-state index in [0.717, 1.165) is 57.1 Å². The molecule has 1 aromatic rings. The van der Waals surface area contributed by atoms with E-state index >= 15 is 0 Å². The lowest BCUT2D eigenvalue weighted by atomic mass is 9.86. The van der Waals surface area contributed by atoms with E-state index < -0.39 is 22.6 Å². The molecule has 0 saturated heterocycles. The highest BCUT2D eigenvalue weighted by atomic mass is 32.2. The zero-order valence-electron chi connectivity index (χ0n) is 30.1. The van der Waals surface area contributed by atoms with Crippen molar-refractivity contribution in [2.75, 3.05) is 5.75 Å². The summed E-state index contributed by atoms with van der Waals surface area (Å²) in [4.78, 5) is 38.6. The topological polar surface area (TPSA) is 80.7 Å². The minimum Gasteiger partial charge on any atom is -0.478 e. The smallest absolute Gasteiger partial charge is 0.339 e. The van der Waals surface area contributed by atoms with E-state index in [1.54, 1.807) is 23.9 Å². The Kier molecular flexibility index (Phi) is 23.6. The molecule has 0 spiro atoms. The first-order valence-electron chi connectivity index (χ1n) is 17.8. The van der Waals surface area contributed by atoms with Gasteiger partial charge in [0.25, 0.3) is 0 Å². The third-order valence-electron chi connectivity index (χ3n) is 7.99.